The maximum Gasteiger partial charge on any atom is 0.255 e. The van der Waals surface area contributed by atoms with Crippen LogP contribution in [0.25, 0.3) is 0 Å². The summed E-state index contributed by atoms with van der Waals surface area (Å²) in [6, 6.07) is 12.8. The molecule has 0 unspecified atom stereocenters. The van der Waals surface area contributed by atoms with Crippen molar-refractivity contribution in [2.24, 2.45) is 0 Å². The number of carbonyl (C=O) groups excluding carboxylic acids is 1. The van der Waals surface area contributed by atoms with Crippen LogP contribution in [-0.2, 0) is 10.0 Å². The van der Waals surface area contributed by atoms with Crippen LogP contribution in [-0.4, -0.2) is 38.3 Å². The Morgan fingerprint density at radius 3 is 2.46 bits per heavy atom. The molecule has 0 aliphatic carbocycles. The Hall–Kier alpha value is -2.89. The fraction of sp³-hybridized carbons (Fsp3) is 0.300. The molecule has 1 aliphatic heterocycles. The number of amides is 1. The van der Waals surface area contributed by atoms with E-state index in [4.69, 9.17) is 10.00 Å². The Morgan fingerprint density at radius 1 is 1.18 bits per heavy atom. The van der Waals surface area contributed by atoms with Gasteiger partial charge in [0.1, 0.15) is 10.6 Å². The Labute approximate surface area is 164 Å². The number of nitrogens with zero attached hydrogens (tertiary/aromatic N) is 2. The lowest BCUT2D eigenvalue weighted by Crippen LogP contribution is -2.28. The van der Waals surface area contributed by atoms with E-state index in [2.05, 4.69) is 5.32 Å². The number of ether oxygens (including phenoxy) is 1. The molecule has 146 valence electrons. The lowest BCUT2D eigenvalue weighted by molar-refractivity contribution is 0.102. The van der Waals surface area contributed by atoms with Crippen molar-refractivity contribution >= 4 is 21.6 Å². The fourth-order valence-corrected chi connectivity index (χ4v) is 4.70. The Kier molecular flexibility index (Phi) is 5.97. The number of hydrogen-bond donors (Lipinski definition) is 1. The maximum absolute atomic E-state index is 13.0. The van der Waals surface area contributed by atoms with Crippen molar-refractivity contribution in [2.75, 3.05) is 25.0 Å². The highest BCUT2D eigenvalue weighted by molar-refractivity contribution is 7.89. The van der Waals surface area contributed by atoms with Gasteiger partial charge < -0.3 is 10.1 Å². The van der Waals surface area contributed by atoms with E-state index in [0.29, 0.717) is 36.5 Å². The molecular formula is C20H21N3O4S. The summed E-state index contributed by atoms with van der Waals surface area (Å²) in [4.78, 5) is 12.5. The third-order valence-corrected chi connectivity index (χ3v) is 6.38. The molecule has 1 saturated heterocycles. The fourth-order valence-electron chi connectivity index (χ4n) is 3.03. The van der Waals surface area contributed by atoms with Gasteiger partial charge in [0.25, 0.3) is 5.91 Å². The summed E-state index contributed by atoms with van der Waals surface area (Å²) in [5, 5.41) is 11.6. The molecule has 1 aliphatic rings. The number of benzene rings is 2. The average Bonchev–Trinajstić information content (AvgIpc) is 3.25. The molecule has 1 heterocycles. The summed E-state index contributed by atoms with van der Waals surface area (Å²) in [5.41, 5.74) is 1.18. The molecule has 8 heteroatoms. The van der Waals surface area contributed by atoms with Crippen molar-refractivity contribution in [3.8, 4) is 11.8 Å². The SMILES string of the molecule is CCOc1ccc(NC(=O)c2ccc(C#N)cc2)cc1S(=O)(=O)N1CCCC1. The third-order valence-electron chi connectivity index (χ3n) is 4.46. The monoisotopic (exact) mass is 399 g/mol. The zero-order valence-corrected chi connectivity index (χ0v) is 16.3. The molecule has 3 rings (SSSR count). The lowest BCUT2D eigenvalue weighted by atomic mass is 10.1. The molecule has 28 heavy (non-hydrogen) atoms. The van der Waals surface area contributed by atoms with Crippen molar-refractivity contribution in [3.05, 3.63) is 53.6 Å². The zero-order valence-electron chi connectivity index (χ0n) is 15.5. The van der Waals surface area contributed by atoms with Gasteiger partial charge in [0.05, 0.1) is 18.2 Å². The van der Waals surface area contributed by atoms with E-state index in [1.807, 2.05) is 6.07 Å². The van der Waals surface area contributed by atoms with Crippen LogP contribution >= 0.6 is 0 Å². The number of anilines is 1. The molecule has 0 atom stereocenters. The van der Waals surface area contributed by atoms with E-state index >= 15 is 0 Å². The number of sulfonamides is 1. The molecule has 2 aromatic carbocycles. The van der Waals surface area contributed by atoms with Gasteiger partial charge >= 0.3 is 0 Å². The molecule has 2 aromatic rings. The Balaban J connectivity index is 1.89. The highest BCUT2D eigenvalue weighted by Gasteiger charge is 2.30. The highest BCUT2D eigenvalue weighted by atomic mass is 32.2. The van der Waals surface area contributed by atoms with Crippen LogP contribution < -0.4 is 10.1 Å². The number of hydrogen-bond acceptors (Lipinski definition) is 5. The predicted octanol–water partition coefficient (Wildman–Crippen LogP) is 2.99. The zero-order chi connectivity index (χ0) is 20.1. The van der Waals surface area contributed by atoms with Crippen molar-refractivity contribution in [2.45, 2.75) is 24.7 Å². The maximum atomic E-state index is 13.0. The minimum atomic E-state index is -3.70. The van der Waals surface area contributed by atoms with Gasteiger partial charge in [-0.05, 0) is 62.2 Å². The summed E-state index contributed by atoms with van der Waals surface area (Å²) >= 11 is 0. The van der Waals surface area contributed by atoms with Gasteiger partial charge in [-0.3, -0.25) is 4.79 Å². The quantitative estimate of drug-likeness (QED) is 0.805. The molecule has 1 fully saturated rings. The van der Waals surface area contributed by atoms with Crippen LogP contribution in [0.1, 0.15) is 35.7 Å². The minimum absolute atomic E-state index is 0.0499. The summed E-state index contributed by atoms with van der Waals surface area (Å²) in [6.45, 7) is 3.08. The third kappa shape index (κ3) is 4.16. The van der Waals surface area contributed by atoms with Crippen LogP contribution in [0.15, 0.2) is 47.4 Å². The van der Waals surface area contributed by atoms with Gasteiger partial charge in [0.2, 0.25) is 10.0 Å². The number of rotatable bonds is 6. The first-order valence-corrected chi connectivity index (χ1v) is 10.5. The molecule has 0 aromatic heterocycles. The standard InChI is InChI=1S/C20H21N3O4S/c1-2-27-18-10-9-17(13-19(18)28(25,26)23-11-3-4-12-23)22-20(24)16-7-5-15(14-21)6-8-16/h5-10,13H,2-4,11-12H2,1H3,(H,22,24). The average molecular weight is 399 g/mol. The summed E-state index contributed by atoms with van der Waals surface area (Å²) < 4.78 is 33.0. The summed E-state index contributed by atoms with van der Waals surface area (Å²) in [5.74, 6) is -0.121. The summed E-state index contributed by atoms with van der Waals surface area (Å²) in [7, 11) is -3.70. The normalized spacial score (nSPS) is 14.4. The number of carbonyl (C=O) groups is 1. The van der Waals surface area contributed by atoms with Gasteiger partial charge in [-0.15, -0.1) is 0 Å². The first-order chi connectivity index (χ1) is 13.5. The molecular weight excluding hydrogens is 378 g/mol. The van der Waals surface area contributed by atoms with E-state index in [1.165, 1.54) is 10.4 Å². The van der Waals surface area contributed by atoms with Crippen LogP contribution in [0.3, 0.4) is 0 Å². The second-order valence-electron chi connectivity index (χ2n) is 6.35. The molecule has 1 N–H and O–H groups in total. The second kappa shape index (κ2) is 8.42. The van der Waals surface area contributed by atoms with Crippen LogP contribution in [0.5, 0.6) is 5.75 Å². The highest BCUT2D eigenvalue weighted by Crippen LogP contribution is 2.31. The molecule has 0 saturated carbocycles. The van der Waals surface area contributed by atoms with Crippen molar-refractivity contribution in [1.82, 2.24) is 4.31 Å². The van der Waals surface area contributed by atoms with E-state index in [1.54, 1.807) is 43.3 Å². The van der Waals surface area contributed by atoms with Crippen LogP contribution in [0, 0.1) is 11.3 Å². The van der Waals surface area contributed by atoms with Gasteiger partial charge in [0.15, 0.2) is 0 Å². The van der Waals surface area contributed by atoms with Gasteiger partial charge in [-0.25, -0.2) is 8.42 Å². The van der Waals surface area contributed by atoms with Crippen LogP contribution in [0.2, 0.25) is 0 Å². The first-order valence-electron chi connectivity index (χ1n) is 9.04. The number of nitrogens with one attached hydrogen (secondary N) is 1. The molecule has 7 nitrogen and oxygen atoms in total. The largest absolute Gasteiger partial charge is 0.492 e. The molecule has 1 amide bonds. The smallest absolute Gasteiger partial charge is 0.255 e. The van der Waals surface area contributed by atoms with E-state index in [-0.39, 0.29) is 10.6 Å². The van der Waals surface area contributed by atoms with Crippen molar-refractivity contribution in [3.63, 3.8) is 0 Å². The topological polar surface area (TPSA) is 99.5 Å². The van der Waals surface area contributed by atoms with Crippen molar-refractivity contribution < 1.29 is 17.9 Å². The molecule has 0 bridgehead atoms. The van der Waals surface area contributed by atoms with E-state index in [0.717, 1.165) is 12.8 Å². The van der Waals surface area contributed by atoms with E-state index in [9.17, 15) is 13.2 Å². The van der Waals surface area contributed by atoms with Crippen LogP contribution in [0.4, 0.5) is 5.69 Å². The lowest BCUT2D eigenvalue weighted by Gasteiger charge is -2.19. The molecule has 0 spiro atoms. The Morgan fingerprint density at radius 2 is 1.86 bits per heavy atom. The van der Waals surface area contributed by atoms with Gasteiger partial charge in [0, 0.05) is 24.3 Å². The summed E-state index contributed by atoms with van der Waals surface area (Å²) in [6.07, 6.45) is 1.66. The number of nitriles is 1. The molecule has 0 radical (unpaired) electrons. The predicted molar refractivity (Wildman–Crippen MR) is 105 cm³/mol. The second-order valence-corrected chi connectivity index (χ2v) is 8.26. The van der Waals surface area contributed by atoms with Crippen molar-refractivity contribution in [1.29, 1.82) is 5.26 Å². The minimum Gasteiger partial charge on any atom is -0.492 e. The first kappa shape index (κ1) is 19.9. The van der Waals surface area contributed by atoms with E-state index < -0.39 is 15.9 Å². The van der Waals surface area contributed by atoms with Gasteiger partial charge in [-0.2, -0.15) is 9.57 Å². The van der Waals surface area contributed by atoms with Gasteiger partial charge in [-0.1, -0.05) is 0 Å². The Bertz CT molecular complexity index is 1000.